The molecule has 3 heterocycles. The van der Waals surface area contributed by atoms with Gasteiger partial charge in [0.2, 0.25) is 11.8 Å². The van der Waals surface area contributed by atoms with Crippen LogP contribution in [0.25, 0.3) is 5.69 Å². The highest BCUT2D eigenvalue weighted by Crippen LogP contribution is 2.24. The number of hydrogen-bond donors (Lipinski definition) is 2. The Kier molecular flexibility index (Phi) is 5.77. The number of hydrogen-bond acceptors (Lipinski definition) is 5. The lowest BCUT2D eigenvalue weighted by Gasteiger charge is -2.26. The van der Waals surface area contributed by atoms with Crippen LogP contribution in [0, 0.1) is 0 Å². The van der Waals surface area contributed by atoms with Gasteiger partial charge >= 0.3 is 0 Å². The average molecular weight is 421 g/mol. The molecule has 0 radical (unpaired) electrons. The maximum absolute atomic E-state index is 14.1. The van der Waals surface area contributed by atoms with Crippen molar-refractivity contribution in [3.8, 4) is 5.69 Å². The number of benzene rings is 1. The summed E-state index contributed by atoms with van der Waals surface area (Å²) in [5.74, 6) is -0.574. The SMILES string of the molecule is O=C(NCc1cc(Cl)ccc1-n1cncn1)C1C[C@@H](F)CN1C(=O)C1CCCN1. The minimum Gasteiger partial charge on any atom is -0.350 e. The number of nitrogens with zero attached hydrogens (tertiary/aromatic N) is 4. The molecule has 4 rings (SSSR count). The second-order valence-electron chi connectivity index (χ2n) is 7.32. The first kappa shape index (κ1) is 19.8. The van der Waals surface area contributed by atoms with Crippen molar-refractivity contribution in [1.29, 1.82) is 0 Å². The first-order valence-electron chi connectivity index (χ1n) is 9.62. The van der Waals surface area contributed by atoms with Gasteiger partial charge in [0.05, 0.1) is 18.3 Å². The van der Waals surface area contributed by atoms with Gasteiger partial charge in [-0.1, -0.05) is 11.6 Å². The fraction of sp³-hybridized carbons (Fsp3) is 0.474. The van der Waals surface area contributed by atoms with Crippen molar-refractivity contribution in [3.05, 3.63) is 41.4 Å². The lowest BCUT2D eigenvalue weighted by molar-refractivity contribution is -0.139. The molecule has 3 atom stereocenters. The van der Waals surface area contributed by atoms with Crippen molar-refractivity contribution in [3.63, 3.8) is 0 Å². The number of carbonyl (C=O) groups excluding carboxylic acids is 2. The number of alkyl halides is 1. The first-order valence-corrected chi connectivity index (χ1v) is 10.00. The van der Waals surface area contributed by atoms with Crippen LogP contribution in [0.2, 0.25) is 5.02 Å². The van der Waals surface area contributed by atoms with Crippen LogP contribution in [0.5, 0.6) is 0 Å². The summed E-state index contributed by atoms with van der Waals surface area (Å²) in [5, 5.41) is 10.6. The smallest absolute Gasteiger partial charge is 0.243 e. The molecule has 154 valence electrons. The van der Waals surface area contributed by atoms with Crippen molar-refractivity contribution in [2.75, 3.05) is 13.1 Å². The van der Waals surface area contributed by atoms with E-state index in [4.69, 9.17) is 11.6 Å². The molecule has 8 nitrogen and oxygen atoms in total. The maximum Gasteiger partial charge on any atom is 0.243 e. The first-order chi connectivity index (χ1) is 14.0. The van der Waals surface area contributed by atoms with Gasteiger partial charge in [-0.05, 0) is 43.1 Å². The van der Waals surface area contributed by atoms with Gasteiger partial charge in [0, 0.05) is 18.0 Å². The summed E-state index contributed by atoms with van der Waals surface area (Å²) in [6, 6.07) is 4.10. The van der Waals surface area contributed by atoms with Crippen molar-refractivity contribution >= 4 is 23.4 Å². The molecular formula is C19H22ClFN6O2. The van der Waals surface area contributed by atoms with Crippen molar-refractivity contribution in [2.45, 2.75) is 44.1 Å². The van der Waals surface area contributed by atoms with Gasteiger partial charge in [0.25, 0.3) is 0 Å². The topological polar surface area (TPSA) is 92.2 Å². The van der Waals surface area contributed by atoms with Gasteiger partial charge in [-0.25, -0.2) is 14.1 Å². The van der Waals surface area contributed by atoms with Crippen LogP contribution in [0.15, 0.2) is 30.9 Å². The predicted octanol–water partition coefficient (Wildman–Crippen LogP) is 1.23. The molecule has 0 aliphatic carbocycles. The normalized spacial score (nSPS) is 24.1. The summed E-state index contributed by atoms with van der Waals surface area (Å²) in [5.41, 5.74) is 1.46. The summed E-state index contributed by atoms with van der Waals surface area (Å²) >= 11 is 6.11. The highest BCUT2D eigenvalue weighted by molar-refractivity contribution is 6.30. The van der Waals surface area contributed by atoms with E-state index in [1.165, 1.54) is 11.2 Å². The Labute approximate surface area is 172 Å². The third kappa shape index (κ3) is 4.25. The molecule has 0 spiro atoms. The minimum absolute atomic E-state index is 0.00969. The Bertz CT molecular complexity index is 887. The predicted molar refractivity (Wildman–Crippen MR) is 104 cm³/mol. The number of likely N-dealkylation sites (tertiary alicyclic amines) is 1. The highest BCUT2D eigenvalue weighted by atomic mass is 35.5. The number of nitrogens with one attached hydrogen (secondary N) is 2. The van der Waals surface area contributed by atoms with E-state index in [2.05, 4.69) is 20.7 Å². The molecule has 1 aromatic carbocycles. The van der Waals surface area contributed by atoms with E-state index in [0.717, 1.165) is 24.2 Å². The Balaban J connectivity index is 1.46. The van der Waals surface area contributed by atoms with E-state index in [1.54, 1.807) is 29.2 Å². The van der Waals surface area contributed by atoms with E-state index in [9.17, 15) is 14.0 Å². The molecule has 2 fully saturated rings. The summed E-state index contributed by atoms with van der Waals surface area (Å²) in [7, 11) is 0. The number of halogens is 2. The Hall–Kier alpha value is -2.52. The quantitative estimate of drug-likeness (QED) is 0.759. The van der Waals surface area contributed by atoms with E-state index < -0.39 is 12.2 Å². The van der Waals surface area contributed by atoms with Gasteiger partial charge in [0.15, 0.2) is 0 Å². The Morgan fingerprint density at radius 2 is 2.24 bits per heavy atom. The monoisotopic (exact) mass is 420 g/mol. The second-order valence-corrected chi connectivity index (χ2v) is 7.76. The molecule has 29 heavy (non-hydrogen) atoms. The van der Waals surface area contributed by atoms with E-state index >= 15 is 0 Å². The molecule has 2 aliphatic heterocycles. The fourth-order valence-corrected chi connectivity index (χ4v) is 4.12. The summed E-state index contributed by atoms with van der Waals surface area (Å²) < 4.78 is 15.6. The average Bonchev–Trinajstić information content (AvgIpc) is 3.46. The molecule has 2 amide bonds. The summed E-state index contributed by atoms with van der Waals surface area (Å²) in [4.78, 5) is 30.8. The van der Waals surface area contributed by atoms with Crippen LogP contribution in [0.1, 0.15) is 24.8 Å². The number of amides is 2. The number of carbonyl (C=O) groups is 2. The lowest BCUT2D eigenvalue weighted by atomic mass is 10.1. The second kappa shape index (κ2) is 8.46. The molecule has 10 heteroatoms. The third-order valence-corrected chi connectivity index (χ3v) is 5.59. The van der Waals surface area contributed by atoms with E-state index in [0.29, 0.717) is 11.4 Å². The fourth-order valence-electron chi connectivity index (χ4n) is 3.92. The standard InChI is InChI=1S/C19H22ClFN6O2/c20-13-3-4-16(27-11-22-10-25-27)12(6-13)8-24-18(28)17-7-14(21)9-26(17)19(29)15-2-1-5-23-15/h3-4,6,10-11,14-15,17,23H,1-2,5,7-9H2,(H,24,28)/t14-,15?,17?/m1/s1. The van der Waals surface area contributed by atoms with E-state index in [-0.39, 0.29) is 37.4 Å². The maximum atomic E-state index is 14.1. The molecule has 0 bridgehead atoms. The molecule has 1 aromatic heterocycles. The molecular weight excluding hydrogens is 399 g/mol. The van der Waals surface area contributed by atoms with Crippen LogP contribution >= 0.6 is 11.6 Å². The summed E-state index contributed by atoms with van der Waals surface area (Å²) in [6.07, 6.45) is 3.39. The van der Waals surface area contributed by atoms with Gasteiger partial charge < -0.3 is 15.5 Å². The summed E-state index contributed by atoms with van der Waals surface area (Å²) in [6.45, 7) is 0.891. The number of aromatic nitrogens is 3. The lowest BCUT2D eigenvalue weighted by Crippen LogP contribution is -2.51. The van der Waals surface area contributed by atoms with Gasteiger partial charge in [-0.3, -0.25) is 9.59 Å². The molecule has 2 N–H and O–H groups in total. The van der Waals surface area contributed by atoms with Crippen LogP contribution in [-0.2, 0) is 16.1 Å². The van der Waals surface area contributed by atoms with Crippen molar-refractivity contribution in [1.82, 2.24) is 30.3 Å². The minimum atomic E-state index is -1.20. The molecule has 2 unspecified atom stereocenters. The number of rotatable bonds is 5. The zero-order valence-electron chi connectivity index (χ0n) is 15.7. The molecule has 0 saturated carbocycles. The van der Waals surface area contributed by atoms with Gasteiger partial charge in [-0.2, -0.15) is 5.10 Å². The van der Waals surface area contributed by atoms with Crippen molar-refractivity contribution < 1.29 is 14.0 Å². The van der Waals surface area contributed by atoms with Crippen LogP contribution < -0.4 is 10.6 Å². The van der Waals surface area contributed by atoms with Gasteiger partial charge in [0.1, 0.15) is 24.9 Å². The third-order valence-electron chi connectivity index (χ3n) is 5.35. The highest BCUT2D eigenvalue weighted by Gasteiger charge is 2.42. The van der Waals surface area contributed by atoms with E-state index in [1.807, 2.05) is 0 Å². The van der Waals surface area contributed by atoms with Crippen molar-refractivity contribution in [2.24, 2.45) is 0 Å². The van der Waals surface area contributed by atoms with Crippen LogP contribution in [0.3, 0.4) is 0 Å². The Morgan fingerprint density at radius 3 is 2.97 bits per heavy atom. The molecule has 2 saturated heterocycles. The largest absolute Gasteiger partial charge is 0.350 e. The van der Waals surface area contributed by atoms with Crippen LogP contribution in [0.4, 0.5) is 4.39 Å². The zero-order chi connectivity index (χ0) is 20.4. The van der Waals surface area contributed by atoms with Gasteiger partial charge in [-0.15, -0.1) is 0 Å². The molecule has 2 aliphatic rings. The zero-order valence-corrected chi connectivity index (χ0v) is 16.5. The molecule has 2 aromatic rings. The Morgan fingerprint density at radius 1 is 1.38 bits per heavy atom. The van der Waals surface area contributed by atoms with Crippen LogP contribution in [-0.4, -0.2) is 62.8 Å².